The first-order valence-electron chi connectivity index (χ1n) is 6.29. The van der Waals surface area contributed by atoms with Crippen molar-refractivity contribution < 1.29 is 4.74 Å². The quantitative estimate of drug-likeness (QED) is 0.772. The summed E-state index contributed by atoms with van der Waals surface area (Å²) in [7, 11) is 1.75. The van der Waals surface area contributed by atoms with Gasteiger partial charge in [-0.05, 0) is 38.2 Å². The molecule has 0 radical (unpaired) electrons. The molecule has 1 saturated carbocycles. The molecule has 0 atom stereocenters. The summed E-state index contributed by atoms with van der Waals surface area (Å²) < 4.78 is 5.69. The standard InChI is InChI=1S/C13H19ClN2O/c1-3-6-10-9-11(14)16-12(15-10)13(17-2)7-4-5-8-13/h9H,3-8H2,1-2H3. The van der Waals surface area contributed by atoms with Crippen molar-refractivity contribution in [2.75, 3.05) is 7.11 Å². The SMILES string of the molecule is CCCc1cc(Cl)nc(C2(OC)CCCC2)n1. The Hall–Kier alpha value is -0.670. The Labute approximate surface area is 108 Å². The highest BCUT2D eigenvalue weighted by Crippen LogP contribution is 2.40. The Morgan fingerprint density at radius 1 is 1.35 bits per heavy atom. The summed E-state index contributed by atoms with van der Waals surface area (Å²) in [5, 5.41) is 0.529. The number of methoxy groups -OCH3 is 1. The minimum Gasteiger partial charge on any atom is -0.370 e. The first-order chi connectivity index (χ1) is 8.20. The predicted molar refractivity (Wildman–Crippen MR) is 68.2 cm³/mol. The molecule has 17 heavy (non-hydrogen) atoms. The second-order valence-electron chi connectivity index (χ2n) is 4.66. The fourth-order valence-corrected chi connectivity index (χ4v) is 2.72. The minimum atomic E-state index is -0.298. The highest BCUT2D eigenvalue weighted by molar-refractivity contribution is 6.29. The zero-order chi connectivity index (χ0) is 12.3. The number of ether oxygens (including phenoxy) is 1. The Bertz CT molecular complexity index is 389. The fourth-order valence-electron chi connectivity index (χ4n) is 2.52. The number of hydrogen-bond donors (Lipinski definition) is 0. The molecular weight excluding hydrogens is 236 g/mol. The van der Waals surface area contributed by atoms with E-state index in [-0.39, 0.29) is 5.60 Å². The van der Waals surface area contributed by atoms with Gasteiger partial charge in [-0.25, -0.2) is 9.97 Å². The summed E-state index contributed by atoms with van der Waals surface area (Å²) in [6.07, 6.45) is 6.34. The lowest BCUT2D eigenvalue weighted by Gasteiger charge is -2.26. The van der Waals surface area contributed by atoms with E-state index in [1.54, 1.807) is 7.11 Å². The number of aryl methyl sites for hydroxylation is 1. The average molecular weight is 255 g/mol. The molecule has 0 spiro atoms. The molecule has 4 heteroatoms. The lowest BCUT2D eigenvalue weighted by molar-refractivity contribution is -0.0164. The molecule has 1 aromatic heterocycles. The van der Waals surface area contributed by atoms with Crippen LogP contribution < -0.4 is 0 Å². The van der Waals surface area contributed by atoms with Gasteiger partial charge in [0.05, 0.1) is 0 Å². The van der Waals surface area contributed by atoms with Gasteiger partial charge in [-0.1, -0.05) is 24.9 Å². The minimum absolute atomic E-state index is 0.298. The van der Waals surface area contributed by atoms with Gasteiger partial charge in [-0.15, -0.1) is 0 Å². The van der Waals surface area contributed by atoms with Crippen LogP contribution in [-0.4, -0.2) is 17.1 Å². The van der Waals surface area contributed by atoms with E-state index >= 15 is 0 Å². The van der Waals surface area contributed by atoms with Crippen molar-refractivity contribution >= 4 is 11.6 Å². The first kappa shape index (κ1) is 12.8. The zero-order valence-corrected chi connectivity index (χ0v) is 11.3. The molecule has 1 heterocycles. The molecule has 3 nitrogen and oxygen atoms in total. The Morgan fingerprint density at radius 3 is 2.65 bits per heavy atom. The van der Waals surface area contributed by atoms with Crippen LogP contribution in [0, 0.1) is 0 Å². The maximum Gasteiger partial charge on any atom is 0.162 e. The largest absolute Gasteiger partial charge is 0.370 e. The van der Waals surface area contributed by atoms with E-state index in [1.807, 2.05) is 6.07 Å². The van der Waals surface area contributed by atoms with Crippen LogP contribution in [0.1, 0.15) is 50.5 Å². The summed E-state index contributed by atoms with van der Waals surface area (Å²) in [6.45, 7) is 2.14. The molecule has 1 aliphatic rings. The molecular formula is C13H19ClN2O. The van der Waals surface area contributed by atoms with Crippen LogP contribution in [-0.2, 0) is 16.8 Å². The van der Waals surface area contributed by atoms with Crippen molar-refractivity contribution in [2.45, 2.75) is 51.0 Å². The topological polar surface area (TPSA) is 35.0 Å². The molecule has 1 fully saturated rings. The molecule has 0 aromatic carbocycles. The maximum absolute atomic E-state index is 6.08. The predicted octanol–water partition coefficient (Wildman–Crippen LogP) is 3.50. The normalized spacial score (nSPS) is 18.5. The molecule has 0 N–H and O–H groups in total. The van der Waals surface area contributed by atoms with Gasteiger partial charge in [0.25, 0.3) is 0 Å². The van der Waals surface area contributed by atoms with Crippen LogP contribution in [0.2, 0.25) is 5.15 Å². The second kappa shape index (κ2) is 5.32. The Balaban J connectivity index is 2.36. The lowest BCUT2D eigenvalue weighted by atomic mass is 10.0. The van der Waals surface area contributed by atoms with Gasteiger partial charge in [0, 0.05) is 12.8 Å². The monoisotopic (exact) mass is 254 g/mol. The van der Waals surface area contributed by atoms with Gasteiger partial charge in [0.2, 0.25) is 0 Å². The van der Waals surface area contributed by atoms with Crippen LogP contribution in [0.25, 0.3) is 0 Å². The van der Waals surface area contributed by atoms with E-state index in [0.717, 1.165) is 37.2 Å². The highest BCUT2D eigenvalue weighted by atomic mass is 35.5. The van der Waals surface area contributed by atoms with Gasteiger partial charge in [0.1, 0.15) is 10.8 Å². The summed E-state index contributed by atoms with van der Waals surface area (Å²) in [4.78, 5) is 9.00. The van der Waals surface area contributed by atoms with E-state index in [2.05, 4.69) is 16.9 Å². The van der Waals surface area contributed by atoms with Crippen molar-refractivity contribution in [2.24, 2.45) is 0 Å². The number of aromatic nitrogens is 2. The third-order valence-electron chi connectivity index (χ3n) is 3.46. The molecule has 1 aliphatic carbocycles. The molecule has 2 rings (SSSR count). The molecule has 94 valence electrons. The average Bonchev–Trinajstić information content (AvgIpc) is 2.78. The van der Waals surface area contributed by atoms with Gasteiger partial charge < -0.3 is 4.74 Å². The van der Waals surface area contributed by atoms with E-state index in [1.165, 1.54) is 12.8 Å². The summed E-state index contributed by atoms with van der Waals surface area (Å²) in [5.74, 6) is 0.772. The third-order valence-corrected chi connectivity index (χ3v) is 3.66. The maximum atomic E-state index is 6.08. The van der Waals surface area contributed by atoms with Gasteiger partial charge in [0.15, 0.2) is 5.82 Å². The molecule has 0 saturated heterocycles. The molecule has 0 unspecified atom stereocenters. The van der Waals surface area contributed by atoms with Gasteiger partial charge in [-0.2, -0.15) is 0 Å². The highest BCUT2D eigenvalue weighted by Gasteiger charge is 2.38. The van der Waals surface area contributed by atoms with Crippen molar-refractivity contribution in [1.29, 1.82) is 0 Å². The van der Waals surface area contributed by atoms with Crippen molar-refractivity contribution in [3.63, 3.8) is 0 Å². The van der Waals surface area contributed by atoms with Crippen LogP contribution >= 0.6 is 11.6 Å². The number of halogens is 1. The fraction of sp³-hybridized carbons (Fsp3) is 0.692. The van der Waals surface area contributed by atoms with E-state index < -0.39 is 0 Å². The number of nitrogens with zero attached hydrogens (tertiary/aromatic N) is 2. The molecule has 0 aliphatic heterocycles. The Kier molecular flexibility index (Phi) is 4.00. The van der Waals surface area contributed by atoms with Crippen molar-refractivity contribution in [1.82, 2.24) is 9.97 Å². The van der Waals surface area contributed by atoms with Crippen LogP contribution in [0.3, 0.4) is 0 Å². The summed E-state index contributed by atoms with van der Waals surface area (Å²) >= 11 is 6.08. The molecule has 0 bridgehead atoms. The van der Waals surface area contributed by atoms with E-state index in [0.29, 0.717) is 5.15 Å². The number of rotatable bonds is 4. The smallest absolute Gasteiger partial charge is 0.162 e. The Morgan fingerprint density at radius 2 is 2.06 bits per heavy atom. The molecule has 0 amide bonds. The van der Waals surface area contributed by atoms with E-state index in [4.69, 9.17) is 16.3 Å². The third kappa shape index (κ3) is 2.61. The molecule has 1 aromatic rings. The van der Waals surface area contributed by atoms with Crippen LogP contribution in [0.4, 0.5) is 0 Å². The van der Waals surface area contributed by atoms with Crippen molar-refractivity contribution in [3.8, 4) is 0 Å². The summed E-state index contributed by atoms with van der Waals surface area (Å²) in [5.41, 5.74) is 0.721. The number of hydrogen-bond acceptors (Lipinski definition) is 3. The van der Waals surface area contributed by atoms with Crippen LogP contribution in [0.15, 0.2) is 6.07 Å². The summed E-state index contributed by atoms with van der Waals surface area (Å²) in [6, 6.07) is 1.85. The van der Waals surface area contributed by atoms with Gasteiger partial charge in [-0.3, -0.25) is 0 Å². The zero-order valence-electron chi connectivity index (χ0n) is 10.5. The second-order valence-corrected chi connectivity index (χ2v) is 5.05. The lowest BCUT2D eigenvalue weighted by Crippen LogP contribution is -2.27. The van der Waals surface area contributed by atoms with Crippen LogP contribution in [0.5, 0.6) is 0 Å². The van der Waals surface area contributed by atoms with Crippen molar-refractivity contribution in [3.05, 3.63) is 22.7 Å². The first-order valence-corrected chi connectivity index (χ1v) is 6.67. The van der Waals surface area contributed by atoms with Gasteiger partial charge >= 0.3 is 0 Å². The van der Waals surface area contributed by atoms with E-state index in [9.17, 15) is 0 Å².